The molecule has 0 aromatic heterocycles. The summed E-state index contributed by atoms with van der Waals surface area (Å²) in [7, 11) is -0.630. The van der Waals surface area contributed by atoms with Crippen LogP contribution in [0.2, 0.25) is 0 Å². The van der Waals surface area contributed by atoms with Gasteiger partial charge in [0.25, 0.3) is 5.91 Å². The van der Waals surface area contributed by atoms with Crippen LogP contribution in [0, 0.1) is 0 Å². The van der Waals surface area contributed by atoms with Gasteiger partial charge in [-0.2, -0.15) is 0 Å². The predicted octanol–water partition coefficient (Wildman–Crippen LogP) is 2.02. The number of hydrogen-bond acceptors (Lipinski definition) is 5. The maximum atomic E-state index is 12.6. The van der Waals surface area contributed by atoms with E-state index in [9.17, 15) is 13.2 Å². The van der Waals surface area contributed by atoms with E-state index in [1.54, 1.807) is 6.92 Å². The molecule has 0 aliphatic carbocycles. The Labute approximate surface area is 144 Å². The fourth-order valence-electron chi connectivity index (χ4n) is 2.24. The second kappa shape index (κ2) is 8.23. The third-order valence-corrected chi connectivity index (χ3v) is 4.95. The van der Waals surface area contributed by atoms with Gasteiger partial charge < -0.3 is 14.8 Å². The summed E-state index contributed by atoms with van der Waals surface area (Å²) in [5.74, 6) is 0.359. The minimum Gasteiger partial charge on any atom is -0.493 e. The molecule has 136 valence electrons. The third kappa shape index (κ3) is 4.53. The summed E-state index contributed by atoms with van der Waals surface area (Å²) in [5.41, 5.74) is 0.485. The molecule has 24 heavy (non-hydrogen) atoms. The van der Waals surface area contributed by atoms with Gasteiger partial charge in [0, 0.05) is 18.7 Å². The highest BCUT2D eigenvalue weighted by molar-refractivity contribution is 7.92. The normalized spacial score (nSPS) is 12.4. The standard InChI is InChI=1S/C16H26N2O5S/c1-7-11(3)17-16(19)12-9-14(22-4)15(23-5)10-13(12)18(8-2)24(6,20)21/h9-11H,7-8H2,1-6H3,(H,17,19)/t11-/m1/s1. The Hall–Kier alpha value is -1.96. The number of methoxy groups -OCH3 is 2. The average Bonchev–Trinajstić information content (AvgIpc) is 2.53. The number of carbonyl (C=O) groups excluding carboxylic acids is 1. The van der Waals surface area contributed by atoms with Crippen molar-refractivity contribution in [3.8, 4) is 11.5 Å². The summed E-state index contributed by atoms with van der Waals surface area (Å²) in [5, 5.41) is 2.85. The Balaban J connectivity index is 3.56. The Kier molecular flexibility index (Phi) is 6.89. The number of anilines is 1. The zero-order valence-corrected chi connectivity index (χ0v) is 15.9. The first kappa shape index (κ1) is 20.1. The van der Waals surface area contributed by atoms with E-state index in [-0.39, 0.29) is 29.7 Å². The number of hydrogen-bond donors (Lipinski definition) is 1. The molecule has 0 aliphatic heterocycles. The van der Waals surface area contributed by atoms with E-state index in [1.165, 1.54) is 30.7 Å². The zero-order valence-electron chi connectivity index (χ0n) is 15.0. The molecule has 0 unspecified atom stereocenters. The summed E-state index contributed by atoms with van der Waals surface area (Å²) in [4.78, 5) is 12.6. The number of rotatable bonds is 8. The molecule has 0 fully saturated rings. The first-order valence-corrected chi connectivity index (χ1v) is 9.58. The van der Waals surface area contributed by atoms with Crippen molar-refractivity contribution >= 4 is 21.6 Å². The van der Waals surface area contributed by atoms with Crippen LogP contribution in [0.15, 0.2) is 12.1 Å². The van der Waals surface area contributed by atoms with Crippen molar-refractivity contribution in [1.82, 2.24) is 5.32 Å². The number of benzene rings is 1. The number of nitrogens with one attached hydrogen (secondary N) is 1. The van der Waals surface area contributed by atoms with Gasteiger partial charge in [-0.1, -0.05) is 6.92 Å². The van der Waals surface area contributed by atoms with Crippen molar-refractivity contribution < 1.29 is 22.7 Å². The van der Waals surface area contributed by atoms with Gasteiger partial charge in [0.2, 0.25) is 10.0 Å². The van der Waals surface area contributed by atoms with Crippen LogP contribution < -0.4 is 19.1 Å². The second-order valence-electron chi connectivity index (χ2n) is 5.43. The predicted molar refractivity (Wildman–Crippen MR) is 94.6 cm³/mol. The molecule has 0 saturated carbocycles. The van der Waals surface area contributed by atoms with Crippen molar-refractivity contribution in [1.29, 1.82) is 0 Å². The van der Waals surface area contributed by atoms with Gasteiger partial charge in [0.1, 0.15) is 0 Å². The molecule has 0 aliphatic rings. The van der Waals surface area contributed by atoms with Crippen molar-refractivity contribution in [2.75, 3.05) is 31.3 Å². The fraction of sp³-hybridized carbons (Fsp3) is 0.562. The lowest BCUT2D eigenvalue weighted by Crippen LogP contribution is -2.35. The van der Waals surface area contributed by atoms with E-state index in [1.807, 2.05) is 13.8 Å². The van der Waals surface area contributed by atoms with Crippen molar-refractivity contribution in [3.05, 3.63) is 17.7 Å². The molecule has 0 saturated heterocycles. The summed E-state index contributed by atoms with van der Waals surface area (Å²) in [6.07, 6.45) is 1.86. The molecule has 1 amide bonds. The molecule has 1 N–H and O–H groups in total. The summed E-state index contributed by atoms with van der Waals surface area (Å²) in [6.45, 7) is 5.73. The molecule has 0 radical (unpaired) electrons. The zero-order chi connectivity index (χ0) is 18.5. The van der Waals surface area contributed by atoms with Crippen LogP contribution in [0.5, 0.6) is 11.5 Å². The Morgan fingerprint density at radius 3 is 2.17 bits per heavy atom. The van der Waals surface area contributed by atoms with Crippen LogP contribution in [0.25, 0.3) is 0 Å². The largest absolute Gasteiger partial charge is 0.493 e. The fourth-order valence-corrected chi connectivity index (χ4v) is 3.22. The third-order valence-electron chi connectivity index (χ3n) is 3.69. The van der Waals surface area contributed by atoms with Crippen LogP contribution in [-0.4, -0.2) is 47.4 Å². The monoisotopic (exact) mass is 358 g/mol. The number of nitrogens with zero attached hydrogens (tertiary/aromatic N) is 1. The van der Waals surface area contributed by atoms with Crippen molar-refractivity contribution in [2.24, 2.45) is 0 Å². The molecule has 0 heterocycles. The molecule has 1 atom stereocenters. The minimum absolute atomic E-state index is 0.0354. The first-order chi connectivity index (χ1) is 11.2. The van der Waals surface area contributed by atoms with Gasteiger partial charge in [-0.05, 0) is 26.3 Å². The number of carbonyl (C=O) groups is 1. The second-order valence-corrected chi connectivity index (χ2v) is 7.34. The van der Waals surface area contributed by atoms with Crippen LogP contribution >= 0.6 is 0 Å². The molecule has 1 rings (SSSR count). The van der Waals surface area contributed by atoms with E-state index >= 15 is 0 Å². The summed E-state index contributed by atoms with van der Waals surface area (Å²) in [6, 6.07) is 2.97. The van der Waals surface area contributed by atoms with Crippen LogP contribution in [-0.2, 0) is 10.0 Å². The van der Waals surface area contributed by atoms with Gasteiger partial charge in [-0.3, -0.25) is 9.10 Å². The SMILES string of the molecule is CC[C@@H](C)NC(=O)c1cc(OC)c(OC)cc1N(CC)S(C)(=O)=O. The molecule has 8 heteroatoms. The molecule has 1 aromatic rings. The Morgan fingerprint density at radius 1 is 1.21 bits per heavy atom. The lowest BCUT2D eigenvalue weighted by molar-refractivity contribution is 0.0939. The van der Waals surface area contributed by atoms with Crippen molar-refractivity contribution in [2.45, 2.75) is 33.2 Å². The van der Waals surface area contributed by atoms with Crippen LogP contribution in [0.1, 0.15) is 37.6 Å². The van der Waals surface area contributed by atoms with Gasteiger partial charge in [-0.25, -0.2) is 8.42 Å². The average molecular weight is 358 g/mol. The Morgan fingerprint density at radius 2 is 1.75 bits per heavy atom. The van der Waals surface area contributed by atoms with Gasteiger partial charge in [-0.15, -0.1) is 0 Å². The van der Waals surface area contributed by atoms with E-state index < -0.39 is 10.0 Å². The molecule has 1 aromatic carbocycles. The van der Waals surface area contributed by atoms with Crippen molar-refractivity contribution in [3.63, 3.8) is 0 Å². The highest BCUT2D eigenvalue weighted by Crippen LogP contribution is 2.36. The molecule has 7 nitrogen and oxygen atoms in total. The van der Waals surface area contributed by atoms with Gasteiger partial charge >= 0.3 is 0 Å². The van der Waals surface area contributed by atoms with Gasteiger partial charge in [0.05, 0.1) is 31.7 Å². The maximum absolute atomic E-state index is 12.6. The molecular formula is C16H26N2O5S. The number of amides is 1. The minimum atomic E-state index is -3.55. The maximum Gasteiger partial charge on any atom is 0.253 e. The topological polar surface area (TPSA) is 84.9 Å². The Bertz CT molecular complexity index is 688. The number of sulfonamides is 1. The van der Waals surface area contributed by atoms with E-state index in [2.05, 4.69) is 5.32 Å². The lowest BCUT2D eigenvalue weighted by atomic mass is 10.1. The van der Waals surface area contributed by atoms with E-state index in [4.69, 9.17) is 9.47 Å². The van der Waals surface area contributed by atoms with Crippen LogP contribution in [0.4, 0.5) is 5.69 Å². The summed E-state index contributed by atoms with van der Waals surface area (Å²) < 4.78 is 35.8. The van der Waals surface area contributed by atoms with E-state index in [0.717, 1.165) is 12.7 Å². The lowest BCUT2D eigenvalue weighted by Gasteiger charge is -2.25. The van der Waals surface area contributed by atoms with E-state index in [0.29, 0.717) is 11.5 Å². The first-order valence-electron chi connectivity index (χ1n) is 7.74. The smallest absolute Gasteiger partial charge is 0.253 e. The van der Waals surface area contributed by atoms with Gasteiger partial charge in [0.15, 0.2) is 11.5 Å². The number of ether oxygens (including phenoxy) is 2. The molecular weight excluding hydrogens is 332 g/mol. The highest BCUT2D eigenvalue weighted by Gasteiger charge is 2.25. The quantitative estimate of drug-likeness (QED) is 0.768. The molecule has 0 spiro atoms. The van der Waals surface area contributed by atoms with Crippen LogP contribution in [0.3, 0.4) is 0 Å². The molecule has 0 bridgehead atoms. The summed E-state index contributed by atoms with van der Waals surface area (Å²) >= 11 is 0. The highest BCUT2D eigenvalue weighted by atomic mass is 32.2.